The van der Waals surface area contributed by atoms with E-state index in [1.54, 1.807) is 25.1 Å². The van der Waals surface area contributed by atoms with Crippen LogP contribution in [0.1, 0.15) is 20.8 Å². The predicted molar refractivity (Wildman–Crippen MR) is 95.7 cm³/mol. The predicted octanol–water partition coefficient (Wildman–Crippen LogP) is 0.872. The summed E-state index contributed by atoms with van der Waals surface area (Å²) in [6.07, 6.45) is 1.73. The van der Waals surface area contributed by atoms with Gasteiger partial charge in [0.2, 0.25) is 11.9 Å². The Balaban J connectivity index is 2.08. The first-order valence-corrected chi connectivity index (χ1v) is 8.18. The number of rotatable bonds is 4. The molecule has 0 spiro atoms. The van der Waals surface area contributed by atoms with Crippen LogP contribution in [0.25, 0.3) is 0 Å². The van der Waals surface area contributed by atoms with Gasteiger partial charge in [0.05, 0.1) is 12.3 Å². The van der Waals surface area contributed by atoms with Crippen molar-refractivity contribution in [2.45, 2.75) is 32.9 Å². The zero-order valence-corrected chi connectivity index (χ0v) is 15.1. The fourth-order valence-corrected chi connectivity index (χ4v) is 3.24. The van der Waals surface area contributed by atoms with Crippen molar-refractivity contribution in [1.29, 1.82) is 0 Å². The van der Waals surface area contributed by atoms with Crippen LogP contribution >= 0.6 is 0 Å². The summed E-state index contributed by atoms with van der Waals surface area (Å²) in [5.41, 5.74) is 1.62. The number of hydrogen-bond acceptors (Lipinski definition) is 5. The Labute approximate surface area is 147 Å². The third-order valence-corrected chi connectivity index (χ3v) is 4.59. The van der Waals surface area contributed by atoms with E-state index in [-0.39, 0.29) is 24.5 Å². The summed E-state index contributed by atoms with van der Waals surface area (Å²) in [5, 5.41) is 6.25. The minimum Gasteiger partial charge on any atom is -0.270 e. The fraction of sp³-hybridized carbons (Fsp3) is 0.471. The van der Waals surface area contributed by atoms with Gasteiger partial charge in [-0.3, -0.25) is 14.6 Å². The molecule has 0 saturated carbocycles. The van der Waals surface area contributed by atoms with Crippen molar-refractivity contribution in [1.82, 2.24) is 14.8 Å². The molecule has 0 aromatic carbocycles. The highest BCUT2D eigenvalue weighted by Crippen LogP contribution is 2.25. The third-order valence-electron chi connectivity index (χ3n) is 4.59. The molecule has 1 saturated heterocycles. The first kappa shape index (κ1) is 17.1. The molecule has 8 nitrogen and oxygen atoms in total. The van der Waals surface area contributed by atoms with Gasteiger partial charge in [0, 0.05) is 7.05 Å². The molecule has 0 aromatic heterocycles. The molecule has 0 N–H and O–H groups in total. The minimum absolute atomic E-state index is 0.0976. The highest BCUT2D eigenvalue weighted by atomic mass is 16.2. The van der Waals surface area contributed by atoms with Crippen molar-refractivity contribution < 1.29 is 14.2 Å². The summed E-state index contributed by atoms with van der Waals surface area (Å²) in [5.74, 6) is 0.733. The lowest BCUT2D eigenvalue weighted by atomic mass is 10.1. The lowest BCUT2D eigenvalue weighted by Crippen LogP contribution is -2.64. The third kappa shape index (κ3) is 2.48. The van der Waals surface area contributed by atoms with E-state index in [2.05, 4.69) is 23.3 Å². The molecule has 2 unspecified atom stereocenters. The van der Waals surface area contributed by atoms with Gasteiger partial charge < -0.3 is 0 Å². The highest BCUT2D eigenvalue weighted by molar-refractivity contribution is 6.23. The van der Waals surface area contributed by atoms with E-state index in [1.165, 1.54) is 9.80 Å². The average molecular weight is 343 g/mol. The van der Waals surface area contributed by atoms with Crippen LogP contribution in [0.15, 0.2) is 34.9 Å². The zero-order valence-electron chi connectivity index (χ0n) is 15.1. The number of carbonyl (C=O) groups excluding carboxylic acids is 2. The van der Waals surface area contributed by atoms with E-state index in [4.69, 9.17) is 0 Å². The van der Waals surface area contributed by atoms with Gasteiger partial charge in [-0.25, -0.2) is 9.37 Å². The van der Waals surface area contributed by atoms with E-state index in [9.17, 15) is 9.59 Å². The van der Waals surface area contributed by atoms with Gasteiger partial charge in [0.1, 0.15) is 12.6 Å². The Hall–Kier alpha value is -2.77. The van der Waals surface area contributed by atoms with Gasteiger partial charge in [0.15, 0.2) is 0 Å². The number of hydrazone groups is 1. The number of imide groups is 1. The molecule has 25 heavy (non-hydrogen) atoms. The molecule has 3 aliphatic heterocycles. The van der Waals surface area contributed by atoms with Gasteiger partial charge in [-0.1, -0.05) is 29.8 Å². The first-order chi connectivity index (χ1) is 11.8. The number of amides is 3. The molecule has 8 heteroatoms. The lowest BCUT2D eigenvalue weighted by Gasteiger charge is -2.35. The Morgan fingerprint density at radius 3 is 2.68 bits per heavy atom. The highest BCUT2D eigenvalue weighted by Gasteiger charge is 2.55. The normalized spacial score (nSPS) is 25.7. The molecule has 3 amide bonds. The minimum atomic E-state index is -0.634. The van der Waals surface area contributed by atoms with Crippen LogP contribution in [0, 0.1) is 0 Å². The van der Waals surface area contributed by atoms with Gasteiger partial charge in [-0.05, 0) is 20.8 Å². The summed E-state index contributed by atoms with van der Waals surface area (Å²) in [7, 11) is 1.64. The van der Waals surface area contributed by atoms with Gasteiger partial charge in [-0.15, -0.1) is 10.1 Å². The van der Waals surface area contributed by atoms with Crippen molar-refractivity contribution in [3.63, 3.8) is 0 Å². The first-order valence-electron chi connectivity index (χ1n) is 8.18. The Bertz CT molecular complexity index is 778. The summed E-state index contributed by atoms with van der Waals surface area (Å²) in [6, 6.07) is -1.12. The van der Waals surface area contributed by atoms with Crippen LogP contribution in [0.4, 0.5) is 4.79 Å². The maximum Gasteiger partial charge on any atom is 0.417 e. The molecule has 3 rings (SSSR count). The van der Waals surface area contributed by atoms with Crippen LogP contribution in [0.2, 0.25) is 0 Å². The lowest BCUT2D eigenvalue weighted by molar-refractivity contribution is -0.559. The van der Waals surface area contributed by atoms with E-state index in [0.29, 0.717) is 18.3 Å². The van der Waals surface area contributed by atoms with Crippen molar-refractivity contribution in [2.24, 2.45) is 10.1 Å². The van der Waals surface area contributed by atoms with Crippen LogP contribution < -0.4 is 0 Å². The number of amidine groups is 1. The number of nitrogens with zero attached hydrogens (tertiary/aromatic N) is 6. The van der Waals surface area contributed by atoms with Crippen LogP contribution in [0.3, 0.4) is 0 Å². The number of likely N-dealkylation sites (N-methyl/N-ethyl adjacent to an activating group) is 1. The Morgan fingerprint density at radius 2 is 2.08 bits per heavy atom. The molecule has 1 fully saturated rings. The van der Waals surface area contributed by atoms with Crippen LogP contribution in [0.5, 0.6) is 0 Å². The largest absolute Gasteiger partial charge is 0.417 e. The van der Waals surface area contributed by atoms with Gasteiger partial charge in [-0.2, -0.15) is 0 Å². The van der Waals surface area contributed by atoms with Crippen molar-refractivity contribution in [3.8, 4) is 0 Å². The maximum atomic E-state index is 13.1. The van der Waals surface area contributed by atoms with E-state index < -0.39 is 6.04 Å². The second-order valence-electron chi connectivity index (χ2n) is 6.59. The maximum absolute atomic E-state index is 13.1. The topological polar surface area (TPSA) is 71.6 Å². The molecule has 3 heterocycles. The average Bonchev–Trinajstić information content (AvgIpc) is 2.95. The van der Waals surface area contributed by atoms with E-state index in [0.717, 1.165) is 11.3 Å². The molecule has 0 radical (unpaired) electrons. The molecule has 2 atom stereocenters. The molecule has 0 aromatic rings. The monoisotopic (exact) mass is 343 g/mol. The standard InChI is InChI=1S/C17H23N6O2/c1-7-8-22-16-18-14-13(23(16)12(5)11(4)19-22)15(24)21(9-10(2)3)17(25)20(14)6/h7,12-13H,1-2,8-9H2,3-6H3/q+1. The number of urea groups is 1. The molecule has 3 aliphatic rings. The molecule has 132 valence electrons. The second-order valence-corrected chi connectivity index (χ2v) is 6.59. The van der Waals surface area contributed by atoms with Crippen LogP contribution in [-0.4, -0.2) is 81.1 Å². The number of hydrogen-bond donors (Lipinski definition) is 0. The SMILES string of the molecule is C=CCN1N=C(C)C(C)[N+]2=C1N=C1C2C(=O)N(CC(=C)C)C(=O)N1C. The smallest absolute Gasteiger partial charge is 0.270 e. The number of guanidine groups is 1. The number of aliphatic imine (C=N–C) groups is 1. The van der Waals surface area contributed by atoms with Crippen LogP contribution in [-0.2, 0) is 4.79 Å². The zero-order chi connectivity index (χ0) is 18.5. The van der Waals surface area contributed by atoms with E-state index >= 15 is 0 Å². The summed E-state index contributed by atoms with van der Waals surface area (Å²) < 4.78 is 1.93. The number of carbonyl (C=O) groups is 2. The Kier molecular flexibility index (Phi) is 4.06. The Morgan fingerprint density at radius 1 is 1.40 bits per heavy atom. The quantitative estimate of drug-likeness (QED) is 0.562. The second kappa shape index (κ2) is 5.94. The van der Waals surface area contributed by atoms with Crippen molar-refractivity contribution in [2.75, 3.05) is 20.1 Å². The van der Waals surface area contributed by atoms with Gasteiger partial charge >= 0.3 is 12.0 Å². The van der Waals surface area contributed by atoms with Crippen molar-refractivity contribution in [3.05, 3.63) is 24.8 Å². The molecule has 0 bridgehead atoms. The fourth-order valence-electron chi connectivity index (χ4n) is 3.24. The van der Waals surface area contributed by atoms with Gasteiger partial charge in [0.25, 0.3) is 5.91 Å². The molecule has 0 aliphatic carbocycles. The summed E-state index contributed by atoms with van der Waals surface area (Å²) in [4.78, 5) is 32.9. The van der Waals surface area contributed by atoms with E-state index in [1.807, 2.05) is 18.4 Å². The molecular weight excluding hydrogens is 320 g/mol. The summed E-state index contributed by atoms with van der Waals surface area (Å²) >= 11 is 0. The number of fused-ring (bicyclic) bond motifs is 2. The summed E-state index contributed by atoms with van der Waals surface area (Å²) in [6.45, 7) is 13.9. The molecular formula is C17H23N6O2+. The van der Waals surface area contributed by atoms with Crippen molar-refractivity contribution >= 4 is 29.4 Å².